The fraction of sp³-hybridized carbons (Fsp3) is 0.240. The lowest BCUT2D eigenvalue weighted by Crippen LogP contribution is -2.43. The van der Waals surface area contributed by atoms with Gasteiger partial charge in [0.2, 0.25) is 0 Å². The number of aromatic nitrogens is 2. The summed E-state index contributed by atoms with van der Waals surface area (Å²) in [5, 5.41) is 15.6. The number of ether oxygens (including phenoxy) is 3. The molecule has 3 atom stereocenters. The molecule has 4 N–H and O–H groups in total. The zero-order chi connectivity index (χ0) is 41.5. The maximum Gasteiger partial charge on any atom is 0.326 e. The summed E-state index contributed by atoms with van der Waals surface area (Å²) in [7, 11) is 0. The molecule has 0 spiro atoms. The zero-order valence-electron chi connectivity index (χ0n) is 33.8. The predicted molar refractivity (Wildman–Crippen MR) is 236 cm³/mol. The van der Waals surface area contributed by atoms with Gasteiger partial charge in [-0.3, -0.25) is 4.57 Å². The van der Waals surface area contributed by atoms with Crippen LogP contribution in [0.2, 0.25) is 0 Å². The van der Waals surface area contributed by atoms with Gasteiger partial charge in [0.15, 0.2) is 6.29 Å². The topological polar surface area (TPSA) is 130 Å². The number of aromatic amines is 1. The summed E-state index contributed by atoms with van der Waals surface area (Å²) in [4.78, 5) is 31.3. The minimum absolute atomic E-state index is 0.0139. The molecule has 9 rings (SSSR count). The molecule has 3 heterocycles. The van der Waals surface area contributed by atoms with Crippen molar-refractivity contribution in [3.63, 3.8) is 0 Å². The number of aliphatic hydroxyl groups excluding tert-OH is 1. The van der Waals surface area contributed by atoms with Crippen molar-refractivity contribution in [3.8, 4) is 22.6 Å². The Morgan fingerprint density at radius 2 is 1.44 bits per heavy atom. The van der Waals surface area contributed by atoms with Gasteiger partial charge in [-0.25, -0.2) is 9.59 Å². The smallest absolute Gasteiger partial charge is 0.326 e. The molecule has 2 amide bonds. The van der Waals surface area contributed by atoms with Crippen molar-refractivity contribution in [1.29, 1.82) is 0 Å². The van der Waals surface area contributed by atoms with E-state index in [9.17, 15) is 14.7 Å². The summed E-state index contributed by atoms with van der Waals surface area (Å²) in [6.45, 7) is 2.79. The number of anilines is 1. The molecule has 310 valence electrons. The molecule has 3 unspecified atom stereocenters. The molecule has 1 aromatic heterocycles. The van der Waals surface area contributed by atoms with Gasteiger partial charge in [0.1, 0.15) is 11.5 Å². The van der Waals surface area contributed by atoms with E-state index >= 15 is 0 Å². The highest BCUT2D eigenvalue weighted by Crippen LogP contribution is 2.39. The first-order valence-corrected chi connectivity index (χ1v) is 20.9. The van der Waals surface area contributed by atoms with Crippen LogP contribution < -0.4 is 21.1 Å². The van der Waals surface area contributed by atoms with Gasteiger partial charge >= 0.3 is 11.7 Å². The van der Waals surface area contributed by atoms with E-state index in [1.54, 1.807) is 0 Å². The van der Waals surface area contributed by atoms with E-state index in [1.165, 1.54) is 0 Å². The highest BCUT2D eigenvalue weighted by atomic mass is 16.7. The Kier molecular flexibility index (Phi) is 12.1. The monoisotopic (exact) mass is 815 g/mol. The van der Waals surface area contributed by atoms with Crippen LogP contribution in [0.1, 0.15) is 60.0 Å². The summed E-state index contributed by atoms with van der Waals surface area (Å²) in [6, 6.07) is 48.8. The molecule has 2 aliphatic rings. The summed E-state index contributed by atoms with van der Waals surface area (Å²) in [5.41, 5.74) is 8.26. The van der Waals surface area contributed by atoms with Crippen LogP contribution in [0.25, 0.3) is 22.2 Å². The molecule has 11 nitrogen and oxygen atoms in total. The molecule has 0 aliphatic carbocycles. The largest absolute Gasteiger partial charge is 0.457 e. The highest BCUT2D eigenvalue weighted by Gasteiger charge is 2.34. The maximum absolute atomic E-state index is 13.0. The Morgan fingerprint density at radius 1 is 0.754 bits per heavy atom. The standard InChI is InChI=1S/C50H49N5O6/c56-33-34-14-16-36(17-15-34)47-30-43(32-54-28-26-40(27-29-54)55-46-13-7-6-12-45(46)53-50(55)58)60-48(61-47)37-20-18-35(19-21-37)44-11-5-4-8-38(44)31-51-49(57)52-39-22-24-42(25-23-39)59-41-9-2-1-3-10-41/h1-25,40,43,47-48,56H,26-33H2,(H,53,58)(H2,51,52,57). The van der Waals surface area contributed by atoms with E-state index in [0.29, 0.717) is 24.4 Å². The van der Waals surface area contributed by atoms with Crippen molar-refractivity contribution in [2.75, 3.05) is 25.0 Å². The number of urea groups is 1. The lowest BCUT2D eigenvalue weighted by molar-refractivity contribution is -0.253. The number of fused-ring (bicyclic) bond motifs is 1. The van der Waals surface area contributed by atoms with Crippen molar-refractivity contribution in [3.05, 3.63) is 184 Å². The van der Waals surface area contributed by atoms with Crippen LogP contribution in [-0.4, -0.2) is 51.3 Å². The summed E-state index contributed by atoms with van der Waals surface area (Å²) in [6.07, 6.45) is 1.57. The average molecular weight is 816 g/mol. The van der Waals surface area contributed by atoms with Crippen LogP contribution in [0.4, 0.5) is 10.5 Å². The second-order valence-corrected chi connectivity index (χ2v) is 15.7. The number of para-hydroxylation sites is 3. The quantitative estimate of drug-likeness (QED) is 0.0967. The van der Waals surface area contributed by atoms with Crippen molar-refractivity contribution >= 4 is 22.8 Å². The van der Waals surface area contributed by atoms with Gasteiger partial charge in [-0.05, 0) is 89.2 Å². The molecular weight excluding hydrogens is 767 g/mol. The van der Waals surface area contributed by atoms with Crippen molar-refractivity contribution in [2.24, 2.45) is 0 Å². The van der Waals surface area contributed by atoms with Crippen molar-refractivity contribution in [2.45, 2.75) is 57.0 Å². The molecule has 7 aromatic rings. The molecular formula is C50H49N5O6. The first kappa shape index (κ1) is 39.9. The summed E-state index contributed by atoms with van der Waals surface area (Å²) >= 11 is 0. The zero-order valence-corrected chi connectivity index (χ0v) is 33.8. The van der Waals surface area contributed by atoms with E-state index < -0.39 is 6.29 Å². The number of carbonyl (C=O) groups excluding carboxylic acids is 1. The highest BCUT2D eigenvalue weighted by molar-refractivity contribution is 5.89. The number of imidazole rings is 1. The van der Waals surface area contributed by atoms with Crippen molar-refractivity contribution < 1.29 is 24.1 Å². The minimum Gasteiger partial charge on any atom is -0.457 e. The third-order valence-electron chi connectivity index (χ3n) is 11.7. The number of carbonyl (C=O) groups is 1. The Bertz CT molecular complexity index is 2600. The van der Waals surface area contributed by atoms with Gasteiger partial charge in [0.25, 0.3) is 0 Å². The third-order valence-corrected chi connectivity index (χ3v) is 11.7. The van der Waals surface area contributed by atoms with Gasteiger partial charge in [-0.15, -0.1) is 0 Å². The molecule has 2 saturated heterocycles. The van der Waals surface area contributed by atoms with E-state index in [-0.39, 0.29) is 36.6 Å². The van der Waals surface area contributed by atoms with E-state index in [2.05, 4.69) is 50.8 Å². The summed E-state index contributed by atoms with van der Waals surface area (Å²) in [5.74, 6) is 1.43. The SMILES string of the molecule is O=C(NCc1ccccc1-c1ccc(C2OC(CN3CCC(n4c(=O)[nH]c5ccccc54)CC3)CC(c3ccc(CO)cc3)O2)cc1)Nc1ccc(Oc2ccccc2)cc1. The van der Waals surface area contributed by atoms with Crippen LogP contribution >= 0.6 is 0 Å². The third kappa shape index (κ3) is 9.46. The lowest BCUT2D eigenvalue weighted by Gasteiger charge is -2.40. The number of hydrogen-bond acceptors (Lipinski definition) is 7. The van der Waals surface area contributed by atoms with E-state index in [0.717, 1.165) is 82.6 Å². The molecule has 11 heteroatoms. The molecule has 2 aliphatic heterocycles. The lowest BCUT2D eigenvalue weighted by atomic mass is 9.97. The first-order valence-electron chi connectivity index (χ1n) is 20.9. The normalized spacial score (nSPS) is 18.5. The molecule has 0 saturated carbocycles. The molecule has 2 fully saturated rings. The number of amides is 2. The molecule has 0 bridgehead atoms. The van der Waals surface area contributed by atoms with Crippen molar-refractivity contribution in [1.82, 2.24) is 19.8 Å². The Balaban J connectivity index is 0.848. The van der Waals surface area contributed by atoms with Gasteiger partial charge in [-0.1, -0.05) is 103 Å². The van der Waals surface area contributed by atoms with Gasteiger partial charge < -0.3 is 39.8 Å². The molecule has 6 aromatic carbocycles. The number of nitrogens with one attached hydrogen (secondary N) is 3. The fourth-order valence-electron chi connectivity index (χ4n) is 8.48. The van der Waals surface area contributed by atoms with Gasteiger partial charge in [0, 0.05) is 49.9 Å². The van der Waals surface area contributed by atoms with Gasteiger partial charge in [0.05, 0.1) is 29.8 Å². The number of aliphatic hydroxyl groups is 1. The fourth-order valence-corrected chi connectivity index (χ4v) is 8.48. The number of nitrogens with zero attached hydrogens (tertiary/aromatic N) is 2. The number of piperidine rings is 1. The Hall–Kier alpha value is -6.50. The van der Waals surface area contributed by atoms with Crippen LogP contribution in [0.5, 0.6) is 11.5 Å². The number of hydrogen-bond donors (Lipinski definition) is 4. The van der Waals surface area contributed by atoms with Gasteiger partial charge in [-0.2, -0.15) is 0 Å². The Morgan fingerprint density at radius 3 is 2.21 bits per heavy atom. The van der Waals surface area contributed by atoms with Crippen LogP contribution in [-0.2, 0) is 22.6 Å². The molecule has 0 radical (unpaired) electrons. The average Bonchev–Trinajstić information content (AvgIpc) is 3.65. The summed E-state index contributed by atoms with van der Waals surface area (Å²) < 4.78 is 21.2. The predicted octanol–water partition coefficient (Wildman–Crippen LogP) is 9.49. The van der Waals surface area contributed by atoms with Crippen LogP contribution in [0, 0.1) is 0 Å². The number of benzene rings is 6. The maximum atomic E-state index is 13.0. The Labute approximate surface area is 354 Å². The molecule has 61 heavy (non-hydrogen) atoms. The van der Waals surface area contributed by atoms with E-state index in [1.807, 2.05) is 126 Å². The second-order valence-electron chi connectivity index (χ2n) is 15.7. The second kappa shape index (κ2) is 18.4. The van der Waals surface area contributed by atoms with E-state index in [4.69, 9.17) is 14.2 Å². The first-order chi connectivity index (χ1) is 30.0. The van der Waals surface area contributed by atoms with Crippen LogP contribution in [0.15, 0.2) is 156 Å². The van der Waals surface area contributed by atoms with Crippen LogP contribution in [0.3, 0.4) is 0 Å². The number of likely N-dealkylation sites (tertiary alicyclic amines) is 1. The number of H-pyrrole nitrogens is 1. The number of rotatable bonds is 12. The minimum atomic E-state index is -0.586.